The summed E-state index contributed by atoms with van der Waals surface area (Å²) in [6.45, 7) is 0. The van der Waals surface area contributed by atoms with Crippen molar-refractivity contribution in [1.82, 2.24) is 9.97 Å². The molecule has 0 aliphatic rings. The van der Waals surface area contributed by atoms with E-state index in [-0.39, 0.29) is 11.1 Å². The molecule has 0 atom stereocenters. The van der Waals surface area contributed by atoms with Crippen LogP contribution in [-0.4, -0.2) is 15.1 Å². The Morgan fingerprint density at radius 3 is 2.22 bits per heavy atom. The maximum atomic E-state index is 13.4. The van der Waals surface area contributed by atoms with Crippen molar-refractivity contribution in [3.63, 3.8) is 0 Å². The molecule has 1 N–H and O–H groups in total. The van der Waals surface area contributed by atoms with E-state index in [9.17, 15) is 22.7 Å². The normalized spacial score (nSPS) is 11.6. The fraction of sp³-hybridized carbons (Fsp3) is 0.0909. The molecule has 1 aromatic carbocycles. The number of aromatic nitrogens is 2. The van der Waals surface area contributed by atoms with Gasteiger partial charge in [0.25, 0.3) is 0 Å². The molecule has 2 rings (SSSR count). The summed E-state index contributed by atoms with van der Waals surface area (Å²) < 4.78 is 50.6. The highest BCUT2D eigenvalue weighted by Gasteiger charge is 2.35. The SMILES string of the molecule is Oc1c(-c2cncnc2)ccc(C(F)(F)F)c1F. The Hall–Kier alpha value is -2.18. The van der Waals surface area contributed by atoms with E-state index in [4.69, 9.17) is 0 Å². The predicted molar refractivity (Wildman–Crippen MR) is 54.1 cm³/mol. The van der Waals surface area contributed by atoms with Crippen LogP contribution >= 0.6 is 0 Å². The van der Waals surface area contributed by atoms with E-state index in [1.807, 2.05) is 0 Å². The molecule has 0 aliphatic heterocycles. The quantitative estimate of drug-likeness (QED) is 0.800. The largest absolute Gasteiger partial charge is 0.504 e. The average Bonchev–Trinajstić information content (AvgIpc) is 2.32. The van der Waals surface area contributed by atoms with Gasteiger partial charge in [-0.3, -0.25) is 0 Å². The van der Waals surface area contributed by atoms with Crippen LogP contribution in [0.1, 0.15) is 5.56 Å². The maximum Gasteiger partial charge on any atom is 0.419 e. The first-order valence-electron chi connectivity index (χ1n) is 4.75. The van der Waals surface area contributed by atoms with Crippen LogP contribution in [0.5, 0.6) is 5.75 Å². The van der Waals surface area contributed by atoms with Gasteiger partial charge in [0.15, 0.2) is 11.6 Å². The van der Waals surface area contributed by atoms with Gasteiger partial charge in [-0.1, -0.05) is 0 Å². The summed E-state index contributed by atoms with van der Waals surface area (Å²) >= 11 is 0. The smallest absolute Gasteiger partial charge is 0.419 e. The second-order valence-corrected chi connectivity index (χ2v) is 3.45. The molecule has 0 spiro atoms. The summed E-state index contributed by atoms with van der Waals surface area (Å²) in [6, 6.07) is 1.54. The minimum absolute atomic E-state index is 0.0962. The van der Waals surface area contributed by atoms with Crippen LogP contribution in [-0.2, 0) is 6.18 Å². The van der Waals surface area contributed by atoms with Crippen molar-refractivity contribution in [1.29, 1.82) is 0 Å². The molecule has 0 saturated carbocycles. The number of phenolic OH excluding ortho intramolecular Hbond substituents is 1. The first-order chi connectivity index (χ1) is 8.41. The minimum Gasteiger partial charge on any atom is -0.504 e. The maximum absolute atomic E-state index is 13.4. The van der Waals surface area contributed by atoms with Gasteiger partial charge in [0.1, 0.15) is 6.33 Å². The van der Waals surface area contributed by atoms with Gasteiger partial charge >= 0.3 is 6.18 Å². The van der Waals surface area contributed by atoms with Crippen molar-refractivity contribution < 1.29 is 22.7 Å². The third-order valence-electron chi connectivity index (χ3n) is 2.29. The van der Waals surface area contributed by atoms with Gasteiger partial charge in [0, 0.05) is 23.5 Å². The van der Waals surface area contributed by atoms with E-state index in [2.05, 4.69) is 9.97 Å². The summed E-state index contributed by atoms with van der Waals surface area (Å²) in [5, 5.41) is 9.46. The summed E-state index contributed by atoms with van der Waals surface area (Å²) in [5.74, 6) is -2.77. The Labute approximate surface area is 98.7 Å². The highest BCUT2D eigenvalue weighted by Crippen LogP contribution is 2.39. The van der Waals surface area contributed by atoms with Gasteiger partial charge in [0.05, 0.1) is 5.56 Å². The molecule has 0 radical (unpaired) electrons. The summed E-state index contributed by atoms with van der Waals surface area (Å²) in [5.41, 5.74) is -1.38. The highest BCUT2D eigenvalue weighted by molar-refractivity contribution is 5.69. The topological polar surface area (TPSA) is 46.0 Å². The van der Waals surface area contributed by atoms with Crippen molar-refractivity contribution in [3.8, 4) is 16.9 Å². The molecule has 7 heteroatoms. The van der Waals surface area contributed by atoms with E-state index in [0.717, 1.165) is 6.07 Å². The molecule has 1 heterocycles. The first-order valence-corrected chi connectivity index (χ1v) is 4.75. The Bertz CT molecular complexity index is 569. The van der Waals surface area contributed by atoms with Crippen LogP contribution in [0.3, 0.4) is 0 Å². The molecular weight excluding hydrogens is 252 g/mol. The molecule has 18 heavy (non-hydrogen) atoms. The Morgan fingerprint density at radius 1 is 1.06 bits per heavy atom. The molecule has 0 unspecified atom stereocenters. The third-order valence-corrected chi connectivity index (χ3v) is 2.29. The Kier molecular flexibility index (Phi) is 2.90. The van der Waals surface area contributed by atoms with Gasteiger partial charge in [-0.2, -0.15) is 13.2 Å². The first kappa shape index (κ1) is 12.3. The molecule has 0 amide bonds. The highest BCUT2D eigenvalue weighted by atomic mass is 19.4. The van der Waals surface area contributed by atoms with Crippen LogP contribution in [0.2, 0.25) is 0 Å². The van der Waals surface area contributed by atoms with Crippen molar-refractivity contribution >= 4 is 0 Å². The van der Waals surface area contributed by atoms with Gasteiger partial charge in [-0.25, -0.2) is 14.4 Å². The monoisotopic (exact) mass is 258 g/mol. The van der Waals surface area contributed by atoms with E-state index < -0.39 is 23.3 Å². The van der Waals surface area contributed by atoms with Crippen LogP contribution < -0.4 is 0 Å². The molecular formula is C11H6F4N2O. The van der Waals surface area contributed by atoms with E-state index in [1.54, 1.807) is 0 Å². The zero-order valence-electron chi connectivity index (χ0n) is 8.74. The average molecular weight is 258 g/mol. The van der Waals surface area contributed by atoms with E-state index >= 15 is 0 Å². The lowest BCUT2D eigenvalue weighted by atomic mass is 10.0. The second-order valence-electron chi connectivity index (χ2n) is 3.45. The lowest BCUT2D eigenvalue weighted by Crippen LogP contribution is -2.08. The van der Waals surface area contributed by atoms with Gasteiger partial charge in [-0.05, 0) is 12.1 Å². The molecule has 0 saturated heterocycles. The van der Waals surface area contributed by atoms with Crippen molar-refractivity contribution in [3.05, 3.63) is 42.2 Å². The van der Waals surface area contributed by atoms with Gasteiger partial charge in [0.2, 0.25) is 0 Å². The van der Waals surface area contributed by atoms with Crippen molar-refractivity contribution in [2.45, 2.75) is 6.18 Å². The number of benzene rings is 1. The lowest BCUT2D eigenvalue weighted by molar-refractivity contribution is -0.140. The van der Waals surface area contributed by atoms with Crippen LogP contribution in [0.4, 0.5) is 17.6 Å². The van der Waals surface area contributed by atoms with Crippen LogP contribution in [0.25, 0.3) is 11.1 Å². The molecule has 3 nitrogen and oxygen atoms in total. The van der Waals surface area contributed by atoms with Crippen LogP contribution in [0, 0.1) is 5.82 Å². The number of hydrogen-bond acceptors (Lipinski definition) is 3. The zero-order valence-corrected chi connectivity index (χ0v) is 8.74. The number of phenols is 1. The number of alkyl halides is 3. The summed E-state index contributed by atoms with van der Waals surface area (Å²) in [7, 11) is 0. The number of halogens is 4. The number of aromatic hydroxyl groups is 1. The third kappa shape index (κ3) is 2.11. The number of nitrogens with zero attached hydrogens (tertiary/aromatic N) is 2. The molecule has 0 aliphatic carbocycles. The molecule has 1 aromatic heterocycles. The van der Waals surface area contributed by atoms with E-state index in [1.165, 1.54) is 18.7 Å². The molecule has 94 valence electrons. The minimum atomic E-state index is -4.85. The Morgan fingerprint density at radius 2 is 1.67 bits per heavy atom. The zero-order chi connectivity index (χ0) is 13.3. The molecule has 0 bridgehead atoms. The molecule has 0 fully saturated rings. The standard InChI is InChI=1S/C11H6F4N2O/c12-9-8(11(13,14)15)2-1-7(10(9)18)6-3-16-5-17-4-6/h1-5,18H. The fourth-order valence-electron chi connectivity index (χ4n) is 1.45. The van der Waals surface area contributed by atoms with Gasteiger partial charge < -0.3 is 5.11 Å². The van der Waals surface area contributed by atoms with Gasteiger partial charge in [-0.15, -0.1) is 0 Å². The summed E-state index contributed by atoms with van der Waals surface area (Å²) in [6.07, 6.45) is -1.13. The number of hydrogen-bond donors (Lipinski definition) is 1. The van der Waals surface area contributed by atoms with Crippen LogP contribution in [0.15, 0.2) is 30.9 Å². The van der Waals surface area contributed by atoms with E-state index in [0.29, 0.717) is 6.07 Å². The summed E-state index contributed by atoms with van der Waals surface area (Å²) in [4.78, 5) is 7.27. The van der Waals surface area contributed by atoms with Crippen molar-refractivity contribution in [2.24, 2.45) is 0 Å². The lowest BCUT2D eigenvalue weighted by Gasteiger charge is -2.11. The fourth-order valence-corrected chi connectivity index (χ4v) is 1.45. The Balaban J connectivity index is 2.58. The predicted octanol–water partition coefficient (Wildman–Crippen LogP) is 3.01. The number of rotatable bonds is 1. The second kappa shape index (κ2) is 4.25. The molecule has 2 aromatic rings. The van der Waals surface area contributed by atoms with Crippen molar-refractivity contribution in [2.75, 3.05) is 0 Å².